The molecule has 0 nitrogen and oxygen atoms in total. The lowest BCUT2D eigenvalue weighted by Gasteiger charge is -2.22. The molecule has 0 bridgehead atoms. The van der Waals surface area contributed by atoms with E-state index in [-0.39, 0.29) is 11.5 Å². The predicted molar refractivity (Wildman–Crippen MR) is 71.3 cm³/mol. The fraction of sp³-hybridized carbons (Fsp3) is 0.571. The Morgan fingerprint density at radius 3 is 2.11 bits per heavy atom. The summed E-state index contributed by atoms with van der Waals surface area (Å²) >= 11 is 3.37. The lowest BCUT2D eigenvalue weighted by atomic mass is 9.91. The molecule has 0 aromatic heterocycles. The number of rotatable bonds is 6. The van der Waals surface area contributed by atoms with Gasteiger partial charge in [-0.1, -0.05) is 49.0 Å². The summed E-state index contributed by atoms with van der Waals surface area (Å²) in [5.74, 6) is -2.36. The summed E-state index contributed by atoms with van der Waals surface area (Å²) in [6, 6.07) is 1.47. The highest BCUT2D eigenvalue weighted by Gasteiger charge is 2.25. The van der Waals surface area contributed by atoms with Gasteiger partial charge in [-0.2, -0.15) is 0 Å². The molecule has 0 aliphatic heterocycles. The number of hydrogen-bond acceptors (Lipinski definition) is 0. The average molecular weight is 323 g/mol. The van der Waals surface area contributed by atoms with Gasteiger partial charge in [-0.25, -0.2) is 13.2 Å². The van der Waals surface area contributed by atoms with Gasteiger partial charge in [-0.3, -0.25) is 0 Å². The van der Waals surface area contributed by atoms with Crippen LogP contribution in [-0.4, -0.2) is 0 Å². The smallest absolute Gasteiger partial charge is 0.133 e. The molecule has 2 atom stereocenters. The minimum Gasteiger partial charge on any atom is -0.207 e. The molecule has 0 heterocycles. The lowest BCUT2D eigenvalue weighted by Crippen LogP contribution is -2.11. The van der Waals surface area contributed by atoms with Gasteiger partial charge in [0.25, 0.3) is 0 Å². The first-order valence-electron chi connectivity index (χ1n) is 6.29. The van der Waals surface area contributed by atoms with Crippen LogP contribution in [0.2, 0.25) is 0 Å². The Hall–Kier alpha value is -0.510. The minimum atomic E-state index is -0.880. The van der Waals surface area contributed by atoms with Crippen LogP contribution in [0.5, 0.6) is 0 Å². The summed E-state index contributed by atoms with van der Waals surface area (Å²) in [6.07, 6.45) is 3.79. The van der Waals surface area contributed by atoms with Crippen LogP contribution in [0.25, 0.3) is 0 Å². The van der Waals surface area contributed by atoms with Gasteiger partial charge in [0.1, 0.15) is 17.5 Å². The van der Waals surface area contributed by atoms with Crippen molar-refractivity contribution in [3.63, 3.8) is 0 Å². The van der Waals surface area contributed by atoms with E-state index in [1.165, 1.54) is 0 Å². The van der Waals surface area contributed by atoms with Crippen LogP contribution in [0.3, 0.4) is 0 Å². The van der Waals surface area contributed by atoms with Crippen molar-refractivity contribution >= 4 is 15.9 Å². The van der Waals surface area contributed by atoms with E-state index < -0.39 is 22.3 Å². The maximum absolute atomic E-state index is 13.7. The van der Waals surface area contributed by atoms with Gasteiger partial charge in [-0.05, 0) is 12.3 Å². The molecule has 18 heavy (non-hydrogen) atoms. The van der Waals surface area contributed by atoms with Crippen molar-refractivity contribution in [2.75, 3.05) is 0 Å². The zero-order chi connectivity index (χ0) is 13.7. The van der Waals surface area contributed by atoms with E-state index in [9.17, 15) is 13.2 Å². The molecule has 0 spiro atoms. The minimum absolute atomic E-state index is 0.0562. The molecular weight excluding hydrogens is 305 g/mol. The molecule has 0 aliphatic carbocycles. The monoisotopic (exact) mass is 322 g/mol. The van der Waals surface area contributed by atoms with Crippen LogP contribution in [0.15, 0.2) is 12.1 Å². The van der Waals surface area contributed by atoms with Crippen LogP contribution in [0.1, 0.15) is 49.9 Å². The molecule has 1 rings (SSSR count). The Bertz CT molecular complexity index is 370. The Labute approximate surface area is 115 Å². The van der Waals surface area contributed by atoms with Crippen molar-refractivity contribution in [2.45, 2.75) is 44.4 Å². The lowest BCUT2D eigenvalue weighted by molar-refractivity contribution is 0.422. The highest BCUT2D eigenvalue weighted by molar-refractivity contribution is 9.09. The molecule has 0 radical (unpaired) electrons. The quantitative estimate of drug-likeness (QED) is 0.584. The SMILES string of the molecule is CCCCC(CC)C(Br)c1c(F)cc(F)cc1F. The summed E-state index contributed by atoms with van der Waals surface area (Å²) in [5.41, 5.74) is -0.0562. The van der Waals surface area contributed by atoms with E-state index in [1.807, 2.05) is 6.92 Å². The second kappa shape index (κ2) is 7.17. The molecule has 0 saturated heterocycles. The fourth-order valence-corrected chi connectivity index (χ4v) is 3.15. The fourth-order valence-electron chi connectivity index (χ4n) is 2.08. The number of alkyl halides is 1. The Balaban J connectivity index is 2.97. The van der Waals surface area contributed by atoms with Gasteiger partial charge in [0.15, 0.2) is 0 Å². The third kappa shape index (κ3) is 3.74. The van der Waals surface area contributed by atoms with Crippen molar-refractivity contribution in [3.8, 4) is 0 Å². The first kappa shape index (κ1) is 15.5. The first-order chi connectivity index (χ1) is 8.51. The zero-order valence-corrected chi connectivity index (χ0v) is 12.2. The highest BCUT2D eigenvalue weighted by atomic mass is 79.9. The van der Waals surface area contributed by atoms with E-state index in [1.54, 1.807) is 0 Å². The third-order valence-electron chi connectivity index (χ3n) is 3.19. The number of unbranched alkanes of at least 4 members (excludes halogenated alkanes) is 1. The van der Waals surface area contributed by atoms with Gasteiger partial charge in [-0.15, -0.1) is 0 Å². The van der Waals surface area contributed by atoms with Gasteiger partial charge < -0.3 is 0 Å². The Morgan fingerprint density at radius 2 is 1.67 bits per heavy atom. The molecule has 2 unspecified atom stereocenters. The van der Waals surface area contributed by atoms with Gasteiger partial charge in [0, 0.05) is 22.5 Å². The van der Waals surface area contributed by atoms with Crippen molar-refractivity contribution < 1.29 is 13.2 Å². The molecule has 1 aromatic rings. The largest absolute Gasteiger partial charge is 0.207 e. The van der Waals surface area contributed by atoms with Crippen LogP contribution in [0.4, 0.5) is 13.2 Å². The maximum atomic E-state index is 13.7. The summed E-state index contributed by atoms with van der Waals surface area (Å²) in [5, 5.41) is 0. The number of halogens is 4. The summed E-state index contributed by atoms with van der Waals surface area (Å²) < 4.78 is 40.2. The standard InChI is InChI=1S/C14H18BrF3/c1-3-5-6-9(4-2)14(15)13-11(17)7-10(16)8-12(13)18/h7-9,14H,3-6H2,1-2H3. The van der Waals surface area contributed by atoms with E-state index in [0.29, 0.717) is 0 Å². The van der Waals surface area contributed by atoms with Crippen molar-refractivity contribution in [3.05, 3.63) is 35.1 Å². The first-order valence-corrected chi connectivity index (χ1v) is 7.21. The van der Waals surface area contributed by atoms with Crippen molar-refractivity contribution in [1.29, 1.82) is 0 Å². The average Bonchev–Trinajstić information content (AvgIpc) is 2.28. The molecule has 0 saturated carbocycles. The predicted octanol–water partition coefficient (Wildman–Crippen LogP) is 5.76. The number of benzene rings is 1. The van der Waals surface area contributed by atoms with Gasteiger partial charge in [0.2, 0.25) is 0 Å². The van der Waals surface area contributed by atoms with Gasteiger partial charge >= 0.3 is 0 Å². The van der Waals surface area contributed by atoms with Crippen molar-refractivity contribution in [2.24, 2.45) is 5.92 Å². The second-order valence-corrected chi connectivity index (χ2v) is 5.48. The highest BCUT2D eigenvalue weighted by Crippen LogP contribution is 2.38. The van der Waals surface area contributed by atoms with E-state index in [0.717, 1.165) is 37.8 Å². The zero-order valence-electron chi connectivity index (χ0n) is 10.6. The third-order valence-corrected chi connectivity index (χ3v) is 4.39. The molecular formula is C14H18BrF3. The summed E-state index contributed by atoms with van der Waals surface area (Å²) in [4.78, 5) is -0.408. The molecule has 0 aliphatic rings. The van der Waals surface area contributed by atoms with E-state index >= 15 is 0 Å². The molecule has 0 amide bonds. The molecule has 1 aromatic carbocycles. The summed E-state index contributed by atoms with van der Waals surface area (Å²) in [7, 11) is 0. The maximum Gasteiger partial charge on any atom is 0.133 e. The normalized spacial score (nSPS) is 14.6. The molecule has 102 valence electrons. The van der Waals surface area contributed by atoms with Crippen LogP contribution < -0.4 is 0 Å². The Kier molecular flexibility index (Phi) is 6.19. The van der Waals surface area contributed by atoms with Crippen LogP contribution in [0, 0.1) is 23.4 Å². The Morgan fingerprint density at radius 1 is 1.11 bits per heavy atom. The number of hydrogen-bond donors (Lipinski definition) is 0. The van der Waals surface area contributed by atoms with Crippen molar-refractivity contribution in [1.82, 2.24) is 0 Å². The van der Waals surface area contributed by atoms with Gasteiger partial charge in [0.05, 0.1) is 0 Å². The molecule has 0 N–H and O–H groups in total. The summed E-state index contributed by atoms with van der Waals surface area (Å²) in [6.45, 7) is 4.07. The van der Waals surface area contributed by atoms with Crippen LogP contribution in [-0.2, 0) is 0 Å². The molecule has 4 heteroatoms. The van der Waals surface area contributed by atoms with E-state index in [2.05, 4.69) is 22.9 Å². The van der Waals surface area contributed by atoms with Crippen LogP contribution >= 0.6 is 15.9 Å². The topological polar surface area (TPSA) is 0 Å². The second-order valence-electron chi connectivity index (χ2n) is 4.50. The van der Waals surface area contributed by atoms with E-state index in [4.69, 9.17) is 0 Å². The molecule has 0 fully saturated rings.